The Hall–Kier alpha value is -2.44. The number of hydrogen-bond acceptors (Lipinski definition) is 4. The van der Waals surface area contributed by atoms with Crippen molar-refractivity contribution in [1.29, 1.82) is 0 Å². The molecule has 1 aliphatic rings. The molecule has 1 saturated heterocycles. The van der Waals surface area contributed by atoms with Crippen molar-refractivity contribution in [3.8, 4) is 0 Å². The van der Waals surface area contributed by atoms with E-state index in [0.29, 0.717) is 32.2 Å². The Bertz CT molecular complexity index is 595. The summed E-state index contributed by atoms with van der Waals surface area (Å²) >= 11 is 0. The number of carbonyl (C=O) groups is 1. The Morgan fingerprint density at radius 3 is 2.76 bits per heavy atom. The molecule has 0 spiro atoms. The molecular formula is C18H29N5O2. The summed E-state index contributed by atoms with van der Waals surface area (Å²) in [6.45, 7) is 4.12. The second-order valence-corrected chi connectivity index (χ2v) is 6.37. The lowest BCUT2D eigenvalue weighted by molar-refractivity contribution is 0.0963. The minimum absolute atomic E-state index is 0.233. The fourth-order valence-electron chi connectivity index (χ4n) is 2.79. The lowest BCUT2D eigenvalue weighted by atomic mass is 10.1. The number of ether oxygens (including phenoxy) is 1. The highest BCUT2D eigenvalue weighted by Gasteiger charge is 2.23. The summed E-state index contributed by atoms with van der Waals surface area (Å²) in [7, 11) is 4.03. The smallest absolute Gasteiger partial charge is 0.409 e. The molecule has 1 aromatic rings. The molecule has 0 aliphatic carbocycles. The molecule has 1 fully saturated rings. The molecule has 0 bridgehead atoms. The van der Waals surface area contributed by atoms with Gasteiger partial charge in [-0.25, -0.2) is 9.79 Å². The van der Waals surface area contributed by atoms with E-state index in [-0.39, 0.29) is 12.1 Å². The monoisotopic (exact) mass is 347 g/mol. The van der Waals surface area contributed by atoms with Gasteiger partial charge < -0.3 is 25.6 Å². The highest BCUT2D eigenvalue weighted by Crippen LogP contribution is 2.14. The average Bonchev–Trinajstić information content (AvgIpc) is 2.61. The average molecular weight is 347 g/mol. The van der Waals surface area contributed by atoms with E-state index in [9.17, 15) is 4.79 Å². The first kappa shape index (κ1) is 18.9. The van der Waals surface area contributed by atoms with Crippen molar-refractivity contribution >= 4 is 17.7 Å². The normalized spacial score (nSPS) is 15.8. The van der Waals surface area contributed by atoms with E-state index in [4.69, 9.17) is 10.5 Å². The quantitative estimate of drug-likeness (QED) is 0.627. The Labute approximate surface area is 149 Å². The number of guanidine groups is 1. The number of rotatable bonds is 5. The number of likely N-dealkylation sites (tertiary alicyclic amines) is 1. The molecular weight excluding hydrogens is 318 g/mol. The maximum absolute atomic E-state index is 11.7. The van der Waals surface area contributed by atoms with Gasteiger partial charge in [-0.2, -0.15) is 0 Å². The van der Waals surface area contributed by atoms with Crippen LogP contribution in [-0.4, -0.2) is 56.8 Å². The molecule has 1 heterocycles. The first-order chi connectivity index (χ1) is 12.0. The molecule has 0 saturated carbocycles. The van der Waals surface area contributed by atoms with Crippen molar-refractivity contribution in [2.75, 3.05) is 38.7 Å². The molecule has 0 aromatic heterocycles. The van der Waals surface area contributed by atoms with Gasteiger partial charge >= 0.3 is 6.09 Å². The number of nitrogens with two attached hydrogens (primary N) is 1. The zero-order valence-corrected chi connectivity index (χ0v) is 15.4. The van der Waals surface area contributed by atoms with Gasteiger partial charge in [-0.1, -0.05) is 12.1 Å². The van der Waals surface area contributed by atoms with Crippen molar-refractivity contribution in [2.45, 2.75) is 32.4 Å². The van der Waals surface area contributed by atoms with E-state index in [0.717, 1.165) is 24.1 Å². The van der Waals surface area contributed by atoms with Gasteiger partial charge in [0.25, 0.3) is 0 Å². The second kappa shape index (κ2) is 9.15. The molecule has 1 aromatic carbocycles. The minimum atomic E-state index is -0.233. The van der Waals surface area contributed by atoms with E-state index in [1.807, 2.05) is 33.2 Å². The number of hydrogen-bond donors (Lipinski definition) is 2. The van der Waals surface area contributed by atoms with Crippen LogP contribution in [0.3, 0.4) is 0 Å². The van der Waals surface area contributed by atoms with Crippen LogP contribution < -0.4 is 16.0 Å². The largest absolute Gasteiger partial charge is 0.450 e. The van der Waals surface area contributed by atoms with E-state index in [1.54, 1.807) is 4.90 Å². The third kappa shape index (κ3) is 5.85. The van der Waals surface area contributed by atoms with Gasteiger partial charge in [0, 0.05) is 38.9 Å². The number of amides is 1. The fourth-order valence-corrected chi connectivity index (χ4v) is 2.79. The molecule has 1 aliphatic heterocycles. The van der Waals surface area contributed by atoms with Crippen LogP contribution in [0, 0.1) is 0 Å². The van der Waals surface area contributed by atoms with Crippen LogP contribution in [0.4, 0.5) is 10.5 Å². The number of anilines is 1. The lowest BCUT2D eigenvalue weighted by Crippen LogP contribution is -2.48. The summed E-state index contributed by atoms with van der Waals surface area (Å²) in [6, 6.07) is 8.47. The summed E-state index contributed by atoms with van der Waals surface area (Å²) < 4.78 is 5.03. The predicted molar refractivity (Wildman–Crippen MR) is 101 cm³/mol. The zero-order valence-electron chi connectivity index (χ0n) is 15.4. The van der Waals surface area contributed by atoms with Crippen LogP contribution >= 0.6 is 0 Å². The standard InChI is InChI=1S/C18H29N5O2/c1-4-25-18(24)23-10-8-15(9-11-23)21-17(19)20-13-14-6-5-7-16(12-14)22(2)3/h5-7,12,15H,4,8-11,13H2,1-3H3,(H3,19,20,21). The molecule has 25 heavy (non-hydrogen) atoms. The summed E-state index contributed by atoms with van der Waals surface area (Å²) in [5.74, 6) is 0.449. The molecule has 2 rings (SSSR count). The molecule has 1 amide bonds. The molecule has 3 N–H and O–H groups in total. The molecule has 0 atom stereocenters. The van der Waals surface area contributed by atoms with E-state index in [1.165, 1.54) is 0 Å². The number of carbonyl (C=O) groups excluding carboxylic acids is 1. The number of aliphatic imine (C=N–C) groups is 1. The number of benzene rings is 1. The Morgan fingerprint density at radius 2 is 2.12 bits per heavy atom. The Morgan fingerprint density at radius 1 is 1.40 bits per heavy atom. The zero-order chi connectivity index (χ0) is 18.2. The Kier molecular flexibility index (Phi) is 6.91. The molecule has 7 heteroatoms. The van der Waals surface area contributed by atoms with Crippen molar-refractivity contribution in [3.05, 3.63) is 29.8 Å². The van der Waals surface area contributed by atoms with Crippen molar-refractivity contribution in [2.24, 2.45) is 10.7 Å². The van der Waals surface area contributed by atoms with Crippen LogP contribution in [-0.2, 0) is 11.3 Å². The highest BCUT2D eigenvalue weighted by atomic mass is 16.6. The summed E-state index contributed by atoms with van der Waals surface area (Å²) in [4.78, 5) is 19.9. The van der Waals surface area contributed by atoms with Gasteiger partial charge in [0.15, 0.2) is 5.96 Å². The highest BCUT2D eigenvalue weighted by molar-refractivity contribution is 5.78. The van der Waals surface area contributed by atoms with Gasteiger partial charge in [-0.05, 0) is 37.5 Å². The number of nitrogens with one attached hydrogen (secondary N) is 1. The fraction of sp³-hybridized carbons (Fsp3) is 0.556. The molecule has 138 valence electrons. The van der Waals surface area contributed by atoms with Crippen molar-refractivity contribution < 1.29 is 9.53 Å². The SMILES string of the molecule is CCOC(=O)N1CCC(NC(N)=NCc2cccc(N(C)C)c2)CC1. The van der Waals surface area contributed by atoms with Gasteiger partial charge in [0.2, 0.25) is 0 Å². The molecule has 0 unspecified atom stereocenters. The van der Waals surface area contributed by atoms with E-state index >= 15 is 0 Å². The van der Waals surface area contributed by atoms with Gasteiger partial charge in [-0.15, -0.1) is 0 Å². The van der Waals surface area contributed by atoms with Crippen LogP contribution in [0.15, 0.2) is 29.3 Å². The van der Waals surface area contributed by atoms with E-state index < -0.39 is 0 Å². The Balaban J connectivity index is 1.80. The summed E-state index contributed by atoms with van der Waals surface area (Å²) in [6.07, 6.45) is 1.44. The second-order valence-electron chi connectivity index (χ2n) is 6.37. The van der Waals surface area contributed by atoms with Gasteiger partial charge in [0.1, 0.15) is 0 Å². The van der Waals surface area contributed by atoms with Crippen LogP contribution in [0.1, 0.15) is 25.3 Å². The first-order valence-electron chi connectivity index (χ1n) is 8.74. The third-order valence-corrected chi connectivity index (χ3v) is 4.23. The van der Waals surface area contributed by atoms with Gasteiger partial charge in [-0.3, -0.25) is 0 Å². The third-order valence-electron chi connectivity index (χ3n) is 4.23. The summed E-state index contributed by atoms with van der Waals surface area (Å²) in [5.41, 5.74) is 8.28. The summed E-state index contributed by atoms with van der Waals surface area (Å²) in [5, 5.41) is 3.26. The number of piperidine rings is 1. The molecule has 7 nitrogen and oxygen atoms in total. The maximum Gasteiger partial charge on any atom is 0.409 e. The topological polar surface area (TPSA) is 83.2 Å². The first-order valence-corrected chi connectivity index (χ1v) is 8.74. The van der Waals surface area contributed by atoms with E-state index in [2.05, 4.69) is 27.3 Å². The van der Waals surface area contributed by atoms with Crippen molar-refractivity contribution in [3.63, 3.8) is 0 Å². The van der Waals surface area contributed by atoms with Crippen LogP contribution in [0.5, 0.6) is 0 Å². The molecule has 0 radical (unpaired) electrons. The van der Waals surface area contributed by atoms with Gasteiger partial charge in [0.05, 0.1) is 13.2 Å². The number of nitrogens with zero attached hydrogens (tertiary/aromatic N) is 3. The van der Waals surface area contributed by atoms with Crippen molar-refractivity contribution in [1.82, 2.24) is 10.2 Å². The maximum atomic E-state index is 11.7. The van der Waals surface area contributed by atoms with Crippen LogP contribution in [0.2, 0.25) is 0 Å². The minimum Gasteiger partial charge on any atom is -0.450 e. The van der Waals surface area contributed by atoms with Crippen LogP contribution in [0.25, 0.3) is 0 Å². The predicted octanol–water partition coefficient (Wildman–Crippen LogP) is 1.78. The lowest BCUT2D eigenvalue weighted by Gasteiger charge is -2.31.